The van der Waals surface area contributed by atoms with E-state index in [1.165, 1.54) is 13.2 Å². The third-order valence-electron chi connectivity index (χ3n) is 3.96. The molecule has 0 aromatic heterocycles. The fraction of sp³-hybridized carbons (Fsp3) is 0.263. The van der Waals surface area contributed by atoms with Crippen LogP contribution in [0.4, 0.5) is 11.4 Å². The highest BCUT2D eigenvalue weighted by atomic mass is 16.6. The zero-order chi connectivity index (χ0) is 20.7. The molecule has 0 fully saturated rings. The van der Waals surface area contributed by atoms with Crippen molar-refractivity contribution in [3.63, 3.8) is 0 Å². The monoisotopic (exact) mass is 388 g/mol. The first kappa shape index (κ1) is 20.7. The summed E-state index contributed by atoms with van der Waals surface area (Å²) in [6.07, 6.45) is 0. The molecule has 148 valence electrons. The Hall–Kier alpha value is -3.62. The maximum atomic E-state index is 12.0. The van der Waals surface area contributed by atoms with E-state index in [1.807, 2.05) is 0 Å². The van der Waals surface area contributed by atoms with Crippen molar-refractivity contribution in [2.24, 2.45) is 0 Å². The van der Waals surface area contributed by atoms with Crippen LogP contribution in [0.25, 0.3) is 0 Å². The van der Waals surface area contributed by atoms with Crippen LogP contribution in [0.1, 0.15) is 11.1 Å². The highest BCUT2D eigenvalue weighted by molar-refractivity contribution is 5.96. The Morgan fingerprint density at radius 1 is 1.04 bits per heavy atom. The number of nitro groups is 1. The average molecular weight is 388 g/mol. The van der Waals surface area contributed by atoms with Crippen LogP contribution in [0.3, 0.4) is 0 Å². The number of carbonyl (C=O) groups excluding carboxylic acids is 2. The molecule has 0 aliphatic rings. The Balaban J connectivity index is 1.87. The summed E-state index contributed by atoms with van der Waals surface area (Å²) in [5.41, 5.74) is 1.20. The third kappa shape index (κ3) is 5.44. The van der Waals surface area contributed by atoms with E-state index in [2.05, 4.69) is 5.32 Å². The first-order valence-corrected chi connectivity index (χ1v) is 8.28. The van der Waals surface area contributed by atoms with Crippen LogP contribution in [0.5, 0.6) is 11.5 Å². The van der Waals surface area contributed by atoms with Crippen molar-refractivity contribution < 1.29 is 28.7 Å². The first-order valence-electron chi connectivity index (χ1n) is 8.28. The molecule has 0 heterocycles. The maximum Gasteiger partial charge on any atom is 0.344 e. The summed E-state index contributed by atoms with van der Waals surface area (Å²) in [5, 5.41) is 13.6. The van der Waals surface area contributed by atoms with Gasteiger partial charge in [0.1, 0.15) is 17.2 Å². The molecule has 2 aromatic carbocycles. The average Bonchev–Trinajstić information content (AvgIpc) is 2.68. The number of benzene rings is 2. The number of nitrogens with zero attached hydrogens (tertiary/aromatic N) is 1. The van der Waals surface area contributed by atoms with Crippen LogP contribution in [0, 0.1) is 24.0 Å². The van der Waals surface area contributed by atoms with E-state index in [9.17, 15) is 19.7 Å². The molecule has 0 saturated heterocycles. The van der Waals surface area contributed by atoms with Crippen LogP contribution < -0.4 is 14.8 Å². The van der Waals surface area contributed by atoms with Crippen molar-refractivity contribution in [2.75, 3.05) is 25.6 Å². The Kier molecular flexibility index (Phi) is 6.91. The Labute approximate surface area is 161 Å². The highest BCUT2D eigenvalue weighted by Crippen LogP contribution is 2.30. The number of ether oxygens (including phenoxy) is 3. The lowest BCUT2D eigenvalue weighted by molar-refractivity contribution is -0.384. The normalized spacial score (nSPS) is 10.1. The van der Waals surface area contributed by atoms with Gasteiger partial charge in [0.2, 0.25) is 0 Å². The lowest BCUT2D eigenvalue weighted by Crippen LogP contribution is -2.24. The number of aryl methyl sites for hydroxylation is 1. The van der Waals surface area contributed by atoms with E-state index >= 15 is 0 Å². The van der Waals surface area contributed by atoms with Crippen LogP contribution >= 0.6 is 0 Å². The fourth-order valence-electron chi connectivity index (χ4n) is 2.29. The van der Waals surface area contributed by atoms with Crippen molar-refractivity contribution in [3.05, 3.63) is 57.6 Å². The number of rotatable bonds is 8. The van der Waals surface area contributed by atoms with Crippen LogP contribution in [0.15, 0.2) is 36.4 Å². The molecule has 9 nitrogen and oxygen atoms in total. The molecule has 0 unspecified atom stereocenters. The van der Waals surface area contributed by atoms with Crippen molar-refractivity contribution >= 4 is 23.3 Å². The molecule has 0 spiro atoms. The summed E-state index contributed by atoms with van der Waals surface area (Å²) in [4.78, 5) is 34.3. The third-order valence-corrected chi connectivity index (χ3v) is 3.96. The first-order chi connectivity index (χ1) is 13.3. The van der Waals surface area contributed by atoms with E-state index < -0.39 is 23.4 Å². The predicted octanol–water partition coefficient (Wildman–Crippen LogP) is 2.78. The van der Waals surface area contributed by atoms with E-state index in [-0.39, 0.29) is 18.0 Å². The standard InChI is InChI=1S/C19H20N2O7/c1-12-4-9-16(21(24)25)19(13(12)2)20-17(22)10-28-18(23)11-27-15-7-5-14(26-3)6-8-15/h4-9H,10-11H2,1-3H3,(H,20,22). The van der Waals surface area contributed by atoms with Gasteiger partial charge in [-0.1, -0.05) is 6.07 Å². The Bertz CT molecular complexity index is 879. The molecule has 0 bridgehead atoms. The van der Waals surface area contributed by atoms with E-state index in [0.717, 1.165) is 5.56 Å². The van der Waals surface area contributed by atoms with Crippen LogP contribution in [-0.4, -0.2) is 37.1 Å². The highest BCUT2D eigenvalue weighted by Gasteiger charge is 2.20. The van der Waals surface area contributed by atoms with Gasteiger partial charge in [-0.25, -0.2) is 4.79 Å². The van der Waals surface area contributed by atoms with Crippen molar-refractivity contribution in [1.29, 1.82) is 0 Å². The summed E-state index contributed by atoms with van der Waals surface area (Å²) < 4.78 is 15.1. The van der Waals surface area contributed by atoms with Gasteiger partial charge >= 0.3 is 5.97 Å². The number of amides is 1. The number of nitro benzene ring substituents is 1. The van der Waals surface area contributed by atoms with E-state index in [1.54, 1.807) is 44.2 Å². The molecule has 2 rings (SSSR count). The molecule has 2 aromatic rings. The molecule has 0 saturated carbocycles. The summed E-state index contributed by atoms with van der Waals surface area (Å²) in [6.45, 7) is 2.45. The van der Waals surface area contributed by atoms with Gasteiger partial charge in [0, 0.05) is 6.07 Å². The van der Waals surface area contributed by atoms with Gasteiger partial charge in [0.05, 0.1) is 12.0 Å². The van der Waals surface area contributed by atoms with Crippen LogP contribution in [0.2, 0.25) is 0 Å². The number of esters is 1. The molecule has 1 amide bonds. The predicted molar refractivity (Wildman–Crippen MR) is 101 cm³/mol. The zero-order valence-corrected chi connectivity index (χ0v) is 15.7. The minimum atomic E-state index is -0.749. The lowest BCUT2D eigenvalue weighted by Gasteiger charge is -2.11. The van der Waals surface area contributed by atoms with Gasteiger partial charge in [-0.3, -0.25) is 14.9 Å². The number of methoxy groups -OCH3 is 1. The van der Waals surface area contributed by atoms with Gasteiger partial charge in [-0.2, -0.15) is 0 Å². The zero-order valence-electron chi connectivity index (χ0n) is 15.7. The molecule has 0 aliphatic heterocycles. The SMILES string of the molecule is COc1ccc(OCC(=O)OCC(=O)Nc2c([N+](=O)[O-])ccc(C)c2C)cc1. The van der Waals surface area contributed by atoms with Crippen molar-refractivity contribution in [1.82, 2.24) is 0 Å². The molecule has 0 radical (unpaired) electrons. The number of carbonyl (C=O) groups is 2. The second-order valence-corrected chi connectivity index (χ2v) is 5.83. The van der Waals surface area contributed by atoms with E-state index in [0.29, 0.717) is 17.1 Å². The largest absolute Gasteiger partial charge is 0.497 e. The molecule has 28 heavy (non-hydrogen) atoms. The fourth-order valence-corrected chi connectivity index (χ4v) is 2.29. The Morgan fingerprint density at radius 3 is 2.29 bits per heavy atom. The van der Waals surface area contributed by atoms with Gasteiger partial charge in [0.15, 0.2) is 13.2 Å². The maximum absolute atomic E-state index is 12.0. The molecular formula is C19H20N2O7. The number of hydrogen-bond donors (Lipinski definition) is 1. The van der Waals surface area contributed by atoms with Gasteiger partial charge in [-0.05, 0) is 49.2 Å². The quantitative estimate of drug-likeness (QED) is 0.420. The van der Waals surface area contributed by atoms with Gasteiger partial charge in [-0.15, -0.1) is 0 Å². The molecule has 0 atom stereocenters. The van der Waals surface area contributed by atoms with E-state index in [4.69, 9.17) is 14.2 Å². The minimum Gasteiger partial charge on any atom is -0.497 e. The number of hydrogen-bond acceptors (Lipinski definition) is 7. The molecule has 0 aliphatic carbocycles. The van der Waals surface area contributed by atoms with Gasteiger partial charge < -0.3 is 19.5 Å². The molecule has 9 heteroatoms. The second-order valence-electron chi connectivity index (χ2n) is 5.83. The summed E-state index contributed by atoms with van der Waals surface area (Å²) in [5.74, 6) is -0.351. The topological polar surface area (TPSA) is 117 Å². The number of nitrogens with one attached hydrogen (secondary N) is 1. The van der Waals surface area contributed by atoms with Crippen molar-refractivity contribution in [3.8, 4) is 11.5 Å². The summed E-state index contributed by atoms with van der Waals surface area (Å²) >= 11 is 0. The lowest BCUT2D eigenvalue weighted by atomic mass is 10.1. The number of anilines is 1. The molecular weight excluding hydrogens is 368 g/mol. The smallest absolute Gasteiger partial charge is 0.344 e. The van der Waals surface area contributed by atoms with Crippen molar-refractivity contribution in [2.45, 2.75) is 13.8 Å². The molecule has 1 N–H and O–H groups in total. The van der Waals surface area contributed by atoms with Crippen LogP contribution in [-0.2, 0) is 14.3 Å². The summed E-state index contributed by atoms with van der Waals surface area (Å²) in [7, 11) is 1.53. The van der Waals surface area contributed by atoms with Gasteiger partial charge in [0.25, 0.3) is 11.6 Å². The second kappa shape index (κ2) is 9.36. The minimum absolute atomic E-state index is 0.0838. The summed E-state index contributed by atoms with van der Waals surface area (Å²) in [6, 6.07) is 9.50. The Morgan fingerprint density at radius 2 is 1.68 bits per heavy atom.